The number of hydrogen-bond acceptors (Lipinski definition) is 8. The third-order valence-electron chi connectivity index (χ3n) is 5.80. The molecule has 0 fully saturated rings. The van der Waals surface area contributed by atoms with Crippen LogP contribution in [0.4, 0.5) is 0 Å². The van der Waals surface area contributed by atoms with Crippen molar-refractivity contribution in [2.45, 2.75) is 59.7 Å². The molecular formula is C29H35NO8S. The normalized spacial score (nSPS) is 11.6. The first-order valence-corrected chi connectivity index (χ1v) is 14.3. The van der Waals surface area contributed by atoms with Gasteiger partial charge >= 0.3 is 16.1 Å². The molecule has 0 radical (unpaired) electrons. The molecule has 0 N–H and O–H groups in total. The Morgan fingerprint density at radius 3 is 2.26 bits per heavy atom. The second kappa shape index (κ2) is 12.4. The molecule has 39 heavy (non-hydrogen) atoms. The maximum atomic E-state index is 13.4. The zero-order valence-electron chi connectivity index (χ0n) is 23.1. The average Bonchev–Trinajstić information content (AvgIpc) is 3.33. The van der Waals surface area contributed by atoms with E-state index in [9.17, 15) is 18.0 Å². The average molecular weight is 558 g/mol. The molecule has 1 aromatic heterocycles. The highest BCUT2D eigenvalue weighted by atomic mass is 32.2. The summed E-state index contributed by atoms with van der Waals surface area (Å²) in [7, 11) is -3.69. The number of ether oxygens (including phenoxy) is 2. The molecule has 210 valence electrons. The Kier molecular flexibility index (Phi) is 9.45. The molecule has 0 atom stereocenters. The summed E-state index contributed by atoms with van der Waals surface area (Å²) in [6.07, 6.45) is 2.55. The molecule has 9 nitrogen and oxygen atoms in total. The molecule has 0 spiro atoms. The lowest BCUT2D eigenvalue weighted by molar-refractivity contribution is -0.158. The zero-order chi connectivity index (χ0) is 28.8. The number of nitrogens with zero attached hydrogens (tertiary/aromatic N) is 1. The van der Waals surface area contributed by atoms with Crippen LogP contribution in [0.15, 0.2) is 59.2 Å². The van der Waals surface area contributed by atoms with Gasteiger partial charge in [-0.2, -0.15) is 8.42 Å². The topological polar surface area (TPSA) is 112 Å². The smallest absolute Gasteiger partial charge is 0.349 e. The number of hydrogen-bond donors (Lipinski definition) is 0. The van der Waals surface area contributed by atoms with Crippen molar-refractivity contribution in [1.82, 2.24) is 4.90 Å². The van der Waals surface area contributed by atoms with E-state index in [0.717, 1.165) is 22.9 Å². The molecule has 0 aliphatic rings. The highest BCUT2D eigenvalue weighted by Gasteiger charge is 2.32. The van der Waals surface area contributed by atoms with Crippen molar-refractivity contribution >= 4 is 22.0 Å². The van der Waals surface area contributed by atoms with E-state index < -0.39 is 21.7 Å². The molecule has 0 aliphatic heterocycles. The quantitative estimate of drug-likeness (QED) is 0.232. The summed E-state index contributed by atoms with van der Waals surface area (Å²) in [6, 6.07) is 13.8. The fraction of sp³-hybridized carbons (Fsp3) is 0.379. The van der Waals surface area contributed by atoms with Crippen LogP contribution in [0.25, 0.3) is 0 Å². The van der Waals surface area contributed by atoms with Gasteiger partial charge < -0.3 is 23.0 Å². The lowest BCUT2D eigenvalue weighted by Crippen LogP contribution is -2.40. The number of benzene rings is 2. The second-order valence-electron chi connectivity index (χ2n) is 9.83. The number of furan rings is 1. The van der Waals surface area contributed by atoms with Gasteiger partial charge in [-0.15, -0.1) is 0 Å². The maximum Gasteiger partial charge on any atom is 0.349 e. The van der Waals surface area contributed by atoms with Crippen LogP contribution < -0.4 is 8.92 Å². The first-order chi connectivity index (χ1) is 18.3. The summed E-state index contributed by atoms with van der Waals surface area (Å²) in [5.74, 6) is 0.731. The van der Waals surface area contributed by atoms with Crippen LogP contribution in [0.3, 0.4) is 0 Å². The first kappa shape index (κ1) is 29.8. The van der Waals surface area contributed by atoms with Crippen molar-refractivity contribution in [3.8, 4) is 11.5 Å². The number of esters is 1. The summed E-state index contributed by atoms with van der Waals surface area (Å²) in [5, 5.41) is 0. The summed E-state index contributed by atoms with van der Waals surface area (Å²) >= 11 is 0. The van der Waals surface area contributed by atoms with Crippen molar-refractivity contribution in [1.29, 1.82) is 0 Å². The molecule has 0 aliphatic carbocycles. The maximum absolute atomic E-state index is 13.4. The van der Waals surface area contributed by atoms with Gasteiger partial charge in [-0.1, -0.05) is 24.3 Å². The molecule has 1 amide bonds. The Bertz CT molecular complexity index is 1390. The third kappa shape index (κ3) is 8.61. The molecule has 2 aromatic carbocycles. The van der Waals surface area contributed by atoms with Crippen molar-refractivity contribution < 1.29 is 36.1 Å². The van der Waals surface area contributed by atoms with Crippen LogP contribution in [0.1, 0.15) is 48.8 Å². The third-order valence-corrected chi connectivity index (χ3v) is 6.29. The summed E-state index contributed by atoms with van der Waals surface area (Å²) < 4.78 is 44.7. The molecule has 0 saturated carbocycles. The first-order valence-electron chi connectivity index (χ1n) is 12.5. The Balaban J connectivity index is 1.83. The Morgan fingerprint density at radius 1 is 0.974 bits per heavy atom. The number of amides is 1. The standard InChI is InChI=1S/C29H35NO8S/c1-7-35-28(32)29(4,5)37-27-20(2)14-23(15-21(27)3)18-30(19-25-12-9-13-36-25)26(31)17-22-10-8-11-24(16-22)38-39(6,33)34/h8-16H,7,17-19H2,1-6H3. The largest absolute Gasteiger partial charge is 0.476 e. The van der Waals surface area contributed by atoms with Gasteiger partial charge in [0, 0.05) is 6.54 Å². The van der Waals surface area contributed by atoms with Crippen LogP contribution in [0.5, 0.6) is 11.5 Å². The second-order valence-corrected chi connectivity index (χ2v) is 11.4. The Morgan fingerprint density at radius 2 is 1.67 bits per heavy atom. The van der Waals surface area contributed by atoms with Gasteiger partial charge in [-0.25, -0.2) is 4.79 Å². The molecule has 3 rings (SSSR count). The lowest BCUT2D eigenvalue weighted by atomic mass is 10.0. The highest BCUT2D eigenvalue weighted by Crippen LogP contribution is 2.30. The van der Waals surface area contributed by atoms with Crippen molar-refractivity contribution in [3.63, 3.8) is 0 Å². The van der Waals surface area contributed by atoms with E-state index in [4.69, 9.17) is 18.1 Å². The van der Waals surface area contributed by atoms with Crippen LogP contribution in [-0.4, -0.2) is 43.7 Å². The van der Waals surface area contributed by atoms with E-state index in [1.807, 2.05) is 26.0 Å². The van der Waals surface area contributed by atoms with Crippen molar-refractivity contribution in [2.24, 2.45) is 0 Å². The van der Waals surface area contributed by atoms with E-state index in [0.29, 0.717) is 23.6 Å². The molecule has 3 aromatic rings. The van der Waals surface area contributed by atoms with E-state index in [1.165, 1.54) is 12.1 Å². The highest BCUT2D eigenvalue weighted by molar-refractivity contribution is 7.86. The van der Waals surface area contributed by atoms with E-state index in [2.05, 4.69) is 0 Å². The number of carbonyl (C=O) groups excluding carboxylic acids is 2. The number of aryl methyl sites for hydroxylation is 2. The van der Waals surface area contributed by atoms with Crippen LogP contribution in [0.2, 0.25) is 0 Å². The van der Waals surface area contributed by atoms with Gasteiger partial charge in [0.15, 0.2) is 5.60 Å². The lowest BCUT2D eigenvalue weighted by Gasteiger charge is -2.27. The molecule has 0 bridgehead atoms. The van der Waals surface area contributed by atoms with Gasteiger partial charge in [0.2, 0.25) is 5.91 Å². The summed E-state index contributed by atoms with van der Waals surface area (Å²) in [6.45, 7) is 9.65. The summed E-state index contributed by atoms with van der Waals surface area (Å²) in [4.78, 5) is 27.4. The Hall–Kier alpha value is -3.79. The predicted octanol–water partition coefficient (Wildman–Crippen LogP) is 4.73. The minimum atomic E-state index is -3.69. The Labute approximate surface area is 229 Å². The van der Waals surface area contributed by atoms with Crippen molar-refractivity contribution in [2.75, 3.05) is 12.9 Å². The fourth-order valence-corrected chi connectivity index (χ4v) is 4.56. The van der Waals surface area contributed by atoms with Gasteiger partial charge in [0.05, 0.1) is 32.1 Å². The van der Waals surface area contributed by atoms with Crippen LogP contribution in [-0.2, 0) is 44.0 Å². The number of carbonyl (C=O) groups is 2. The van der Waals surface area contributed by atoms with E-state index in [-0.39, 0.29) is 31.2 Å². The molecule has 0 unspecified atom stereocenters. The SMILES string of the molecule is CCOC(=O)C(C)(C)Oc1c(C)cc(CN(Cc2ccco2)C(=O)Cc2cccc(OS(C)(=O)=O)c2)cc1C. The van der Waals surface area contributed by atoms with Crippen LogP contribution >= 0.6 is 0 Å². The van der Waals surface area contributed by atoms with Crippen LogP contribution in [0, 0.1) is 13.8 Å². The van der Waals surface area contributed by atoms with Gasteiger partial charge in [-0.05, 0) is 81.1 Å². The van der Waals surface area contributed by atoms with E-state index in [1.54, 1.807) is 56.2 Å². The molecule has 10 heteroatoms. The van der Waals surface area contributed by atoms with Gasteiger partial charge in [0.25, 0.3) is 0 Å². The molecule has 0 saturated heterocycles. The van der Waals surface area contributed by atoms with Gasteiger partial charge in [0.1, 0.15) is 17.3 Å². The fourth-order valence-electron chi connectivity index (χ4n) is 4.11. The predicted molar refractivity (Wildman–Crippen MR) is 146 cm³/mol. The van der Waals surface area contributed by atoms with Crippen molar-refractivity contribution in [3.05, 3.63) is 82.8 Å². The van der Waals surface area contributed by atoms with E-state index >= 15 is 0 Å². The van der Waals surface area contributed by atoms with Gasteiger partial charge in [-0.3, -0.25) is 4.79 Å². The minimum absolute atomic E-state index is 0.0363. The molecule has 1 heterocycles. The summed E-state index contributed by atoms with van der Waals surface area (Å²) in [5.41, 5.74) is 1.96. The molecular weight excluding hydrogens is 522 g/mol. The number of rotatable bonds is 12. The minimum Gasteiger partial charge on any atom is -0.476 e. The monoisotopic (exact) mass is 557 g/mol. The zero-order valence-corrected chi connectivity index (χ0v) is 24.0.